The van der Waals surface area contributed by atoms with Crippen LogP contribution in [0, 0.1) is 19.7 Å². The number of nitrogens with zero attached hydrogens (tertiary/aromatic N) is 2. The second-order valence-corrected chi connectivity index (χ2v) is 11.3. The van der Waals surface area contributed by atoms with Crippen molar-refractivity contribution in [1.82, 2.24) is 19.8 Å². The van der Waals surface area contributed by atoms with Gasteiger partial charge in [0, 0.05) is 57.1 Å². The SMILES string of the molecule is COc1cc(-c2cccc(-c3cccc(NC(=O)c4cn(C)c(=O)n(C)c4=O)c3C)c2C)cc(F)c1CNCC1CCC(=O)N1. The van der Waals surface area contributed by atoms with Crippen LogP contribution in [0.3, 0.4) is 0 Å². The van der Waals surface area contributed by atoms with Crippen LogP contribution in [0.1, 0.15) is 39.9 Å². The number of hydrogen-bond donors (Lipinski definition) is 3. The molecule has 2 amide bonds. The number of benzene rings is 3. The molecule has 0 bridgehead atoms. The van der Waals surface area contributed by atoms with Gasteiger partial charge in [-0.05, 0) is 71.8 Å². The van der Waals surface area contributed by atoms with Crippen molar-refractivity contribution in [3.05, 3.63) is 104 Å². The molecule has 11 heteroatoms. The molecule has 3 N–H and O–H groups in total. The number of carbonyl (C=O) groups excluding carboxylic acids is 2. The number of nitrogens with one attached hydrogen (secondary N) is 3. The minimum Gasteiger partial charge on any atom is -0.496 e. The van der Waals surface area contributed by atoms with E-state index in [0.717, 1.165) is 38.8 Å². The van der Waals surface area contributed by atoms with Gasteiger partial charge in [-0.1, -0.05) is 30.3 Å². The first-order valence-electron chi connectivity index (χ1n) is 14.6. The quantitative estimate of drug-likeness (QED) is 0.264. The number of ether oxygens (including phenoxy) is 1. The molecule has 2 heterocycles. The van der Waals surface area contributed by atoms with E-state index in [2.05, 4.69) is 16.0 Å². The zero-order valence-corrected chi connectivity index (χ0v) is 25.9. The fraction of sp³-hybridized carbons (Fsp3) is 0.294. The fourth-order valence-corrected chi connectivity index (χ4v) is 5.78. The third-order valence-electron chi connectivity index (χ3n) is 8.36. The molecule has 1 aromatic heterocycles. The number of aromatic nitrogens is 2. The molecule has 45 heavy (non-hydrogen) atoms. The maximum Gasteiger partial charge on any atom is 0.330 e. The number of aryl methyl sites for hydroxylation is 1. The molecule has 1 saturated heterocycles. The lowest BCUT2D eigenvalue weighted by Gasteiger charge is -2.18. The van der Waals surface area contributed by atoms with Crippen molar-refractivity contribution < 1.29 is 18.7 Å². The van der Waals surface area contributed by atoms with Gasteiger partial charge in [-0.15, -0.1) is 0 Å². The van der Waals surface area contributed by atoms with Crippen LogP contribution in [0.5, 0.6) is 5.75 Å². The first-order chi connectivity index (χ1) is 21.5. The van der Waals surface area contributed by atoms with E-state index < -0.39 is 23.0 Å². The van der Waals surface area contributed by atoms with Crippen LogP contribution in [0.25, 0.3) is 22.3 Å². The summed E-state index contributed by atoms with van der Waals surface area (Å²) in [7, 11) is 4.32. The molecule has 0 aliphatic carbocycles. The Bertz CT molecular complexity index is 1930. The zero-order valence-electron chi connectivity index (χ0n) is 25.9. The number of carbonyl (C=O) groups is 2. The van der Waals surface area contributed by atoms with E-state index in [9.17, 15) is 19.2 Å². The molecule has 4 aromatic rings. The van der Waals surface area contributed by atoms with Crippen LogP contribution in [0.4, 0.5) is 10.1 Å². The molecule has 5 rings (SSSR count). The molecule has 0 radical (unpaired) electrons. The molecule has 0 saturated carbocycles. The van der Waals surface area contributed by atoms with Crippen molar-refractivity contribution in [1.29, 1.82) is 0 Å². The average Bonchev–Trinajstić information content (AvgIpc) is 3.44. The Morgan fingerprint density at radius 3 is 2.40 bits per heavy atom. The second-order valence-electron chi connectivity index (χ2n) is 11.3. The highest BCUT2D eigenvalue weighted by Crippen LogP contribution is 2.37. The number of anilines is 1. The summed E-state index contributed by atoms with van der Waals surface area (Å²) in [6.07, 6.45) is 2.49. The van der Waals surface area contributed by atoms with Gasteiger partial charge in [-0.25, -0.2) is 9.18 Å². The Kier molecular flexibility index (Phi) is 9.01. The van der Waals surface area contributed by atoms with Crippen LogP contribution in [-0.4, -0.2) is 40.6 Å². The van der Waals surface area contributed by atoms with E-state index >= 15 is 4.39 Å². The maximum absolute atomic E-state index is 15.5. The molecule has 1 atom stereocenters. The van der Waals surface area contributed by atoms with Crippen molar-refractivity contribution in [2.45, 2.75) is 39.3 Å². The van der Waals surface area contributed by atoms with Crippen LogP contribution >= 0.6 is 0 Å². The summed E-state index contributed by atoms with van der Waals surface area (Å²) in [5, 5.41) is 8.95. The van der Waals surface area contributed by atoms with Gasteiger partial charge in [0.15, 0.2) is 0 Å². The average molecular weight is 614 g/mol. The van der Waals surface area contributed by atoms with Gasteiger partial charge < -0.3 is 25.3 Å². The monoisotopic (exact) mass is 613 g/mol. The van der Waals surface area contributed by atoms with Crippen molar-refractivity contribution in [3.63, 3.8) is 0 Å². The molecule has 234 valence electrons. The van der Waals surface area contributed by atoms with Gasteiger partial charge >= 0.3 is 5.69 Å². The summed E-state index contributed by atoms with van der Waals surface area (Å²) in [5.74, 6) is -0.569. The maximum atomic E-state index is 15.5. The predicted molar refractivity (Wildman–Crippen MR) is 171 cm³/mol. The molecule has 1 aliphatic heterocycles. The molecular weight excluding hydrogens is 577 g/mol. The van der Waals surface area contributed by atoms with Gasteiger partial charge in [0.2, 0.25) is 5.91 Å². The van der Waals surface area contributed by atoms with Gasteiger partial charge in [0.1, 0.15) is 17.1 Å². The third kappa shape index (κ3) is 6.30. The first-order valence-corrected chi connectivity index (χ1v) is 14.6. The Morgan fingerprint density at radius 2 is 1.71 bits per heavy atom. The summed E-state index contributed by atoms with van der Waals surface area (Å²) in [6.45, 7) is 4.62. The topological polar surface area (TPSA) is 123 Å². The summed E-state index contributed by atoms with van der Waals surface area (Å²) in [6, 6.07) is 14.6. The smallest absolute Gasteiger partial charge is 0.330 e. The van der Waals surface area contributed by atoms with E-state index in [1.165, 1.54) is 38.0 Å². The van der Waals surface area contributed by atoms with Crippen molar-refractivity contribution >= 4 is 17.5 Å². The highest BCUT2D eigenvalue weighted by molar-refractivity contribution is 6.04. The number of halogens is 1. The van der Waals surface area contributed by atoms with E-state index in [1.54, 1.807) is 6.07 Å². The zero-order chi connectivity index (χ0) is 32.4. The number of amides is 2. The molecular formula is C34H36FN5O5. The van der Waals surface area contributed by atoms with Crippen LogP contribution in [-0.2, 0) is 25.4 Å². The Balaban J connectivity index is 1.42. The van der Waals surface area contributed by atoms with Crippen molar-refractivity contribution in [3.8, 4) is 28.0 Å². The van der Waals surface area contributed by atoms with Gasteiger partial charge in [0.25, 0.3) is 11.5 Å². The summed E-state index contributed by atoms with van der Waals surface area (Å²) < 4.78 is 23.2. The molecule has 3 aromatic carbocycles. The van der Waals surface area contributed by atoms with E-state index in [-0.39, 0.29) is 24.1 Å². The minimum absolute atomic E-state index is 0.0346. The van der Waals surface area contributed by atoms with E-state index in [1.807, 2.05) is 50.2 Å². The first kappa shape index (κ1) is 31.4. The lowest BCUT2D eigenvalue weighted by molar-refractivity contribution is -0.119. The highest BCUT2D eigenvalue weighted by atomic mass is 19.1. The van der Waals surface area contributed by atoms with Crippen molar-refractivity contribution in [2.75, 3.05) is 19.0 Å². The lowest BCUT2D eigenvalue weighted by atomic mass is 9.90. The second kappa shape index (κ2) is 12.9. The normalized spacial score (nSPS) is 14.4. The third-order valence-corrected chi connectivity index (χ3v) is 8.36. The molecule has 10 nitrogen and oxygen atoms in total. The molecule has 1 unspecified atom stereocenters. The standard InChI is InChI=1S/C34H36FN5O5/c1-19-23(21-14-28(35)26(30(15-21)45-5)17-36-16-22-12-13-31(41)37-22)8-6-9-24(19)25-10-7-11-29(20(25)2)38-32(42)27-18-39(3)34(44)40(4)33(27)43/h6-11,14-15,18,22,36H,12-13,16-17H2,1-5H3,(H,37,41)(H,38,42). The van der Waals surface area contributed by atoms with Crippen molar-refractivity contribution in [2.24, 2.45) is 14.1 Å². The molecule has 0 spiro atoms. The van der Waals surface area contributed by atoms with Gasteiger partial charge in [0.05, 0.1) is 7.11 Å². The molecule has 1 fully saturated rings. The van der Waals surface area contributed by atoms with Crippen LogP contribution in [0.2, 0.25) is 0 Å². The van der Waals surface area contributed by atoms with E-state index in [4.69, 9.17) is 4.74 Å². The van der Waals surface area contributed by atoms with Crippen LogP contribution < -0.4 is 31.9 Å². The highest BCUT2D eigenvalue weighted by Gasteiger charge is 2.22. The minimum atomic E-state index is -0.681. The summed E-state index contributed by atoms with van der Waals surface area (Å²) in [5.41, 5.74) is 4.47. The van der Waals surface area contributed by atoms with E-state index in [0.29, 0.717) is 35.5 Å². The number of methoxy groups -OCH3 is 1. The summed E-state index contributed by atoms with van der Waals surface area (Å²) in [4.78, 5) is 49.3. The van der Waals surface area contributed by atoms with Gasteiger partial charge in [-0.2, -0.15) is 0 Å². The Labute approximate surface area is 259 Å². The number of rotatable bonds is 9. The fourth-order valence-electron chi connectivity index (χ4n) is 5.78. The lowest BCUT2D eigenvalue weighted by Crippen LogP contribution is -2.40. The Hall–Kier alpha value is -5.03. The predicted octanol–water partition coefficient (Wildman–Crippen LogP) is 3.80. The van der Waals surface area contributed by atoms with Gasteiger partial charge in [-0.3, -0.25) is 19.0 Å². The largest absolute Gasteiger partial charge is 0.496 e. The summed E-state index contributed by atoms with van der Waals surface area (Å²) >= 11 is 0. The van der Waals surface area contributed by atoms with Crippen LogP contribution in [0.15, 0.2) is 64.3 Å². The molecule has 1 aliphatic rings. The Morgan fingerprint density at radius 1 is 1.02 bits per heavy atom. The number of hydrogen-bond acceptors (Lipinski definition) is 6.